The third kappa shape index (κ3) is 3.81. The predicted octanol–water partition coefficient (Wildman–Crippen LogP) is 1.96. The van der Waals surface area contributed by atoms with Gasteiger partial charge in [-0.05, 0) is 24.9 Å². The Hall–Kier alpha value is -1.39. The molecule has 0 aliphatic carbocycles. The Morgan fingerprint density at radius 2 is 2.20 bits per heavy atom. The van der Waals surface area contributed by atoms with Gasteiger partial charge in [-0.15, -0.1) is 0 Å². The molecule has 2 atom stereocenters. The number of rotatable bonds is 5. The van der Waals surface area contributed by atoms with Crippen molar-refractivity contribution < 1.29 is 9.53 Å². The molecule has 110 valence electrons. The second-order valence-corrected chi connectivity index (χ2v) is 5.39. The van der Waals surface area contributed by atoms with Gasteiger partial charge < -0.3 is 15.4 Å². The molecule has 0 spiro atoms. The maximum absolute atomic E-state index is 12.4. The molecule has 1 aromatic carbocycles. The lowest BCUT2D eigenvalue weighted by atomic mass is 10.0. The van der Waals surface area contributed by atoms with Crippen LogP contribution in [0.1, 0.15) is 31.4 Å². The van der Waals surface area contributed by atoms with Crippen molar-refractivity contribution in [1.82, 2.24) is 4.90 Å². The van der Waals surface area contributed by atoms with E-state index in [1.165, 1.54) is 0 Å². The summed E-state index contributed by atoms with van der Waals surface area (Å²) >= 11 is 0. The lowest BCUT2D eigenvalue weighted by Crippen LogP contribution is -2.44. The molecule has 20 heavy (non-hydrogen) atoms. The van der Waals surface area contributed by atoms with E-state index in [2.05, 4.69) is 12.1 Å². The molecule has 0 radical (unpaired) electrons. The molecule has 1 aliphatic heterocycles. The summed E-state index contributed by atoms with van der Waals surface area (Å²) in [6.45, 7) is 4.58. The van der Waals surface area contributed by atoms with E-state index in [0.29, 0.717) is 26.2 Å². The van der Waals surface area contributed by atoms with Crippen molar-refractivity contribution in [2.45, 2.75) is 25.9 Å². The summed E-state index contributed by atoms with van der Waals surface area (Å²) in [5.41, 5.74) is 6.65. The molecule has 0 bridgehead atoms. The molecule has 2 rings (SSSR count). The normalized spacial score (nSPS) is 20.7. The van der Waals surface area contributed by atoms with Crippen LogP contribution in [0.3, 0.4) is 0 Å². The van der Waals surface area contributed by atoms with Crippen LogP contribution in [-0.4, -0.2) is 37.0 Å². The molecule has 1 saturated heterocycles. The van der Waals surface area contributed by atoms with Crippen molar-refractivity contribution >= 4 is 5.91 Å². The summed E-state index contributed by atoms with van der Waals surface area (Å²) < 4.78 is 5.79. The number of hydrogen-bond acceptors (Lipinski definition) is 3. The van der Waals surface area contributed by atoms with Gasteiger partial charge in [-0.3, -0.25) is 4.79 Å². The number of carbonyl (C=O) groups is 1. The number of benzene rings is 1. The predicted molar refractivity (Wildman–Crippen MR) is 79.2 cm³/mol. The van der Waals surface area contributed by atoms with Gasteiger partial charge in [-0.2, -0.15) is 0 Å². The van der Waals surface area contributed by atoms with Crippen LogP contribution < -0.4 is 5.73 Å². The lowest BCUT2D eigenvalue weighted by molar-refractivity contribution is -0.143. The number of nitrogens with zero attached hydrogens (tertiary/aromatic N) is 1. The molecule has 1 fully saturated rings. The van der Waals surface area contributed by atoms with Gasteiger partial charge in [-0.1, -0.05) is 37.3 Å². The second-order valence-electron chi connectivity index (χ2n) is 5.39. The van der Waals surface area contributed by atoms with Crippen molar-refractivity contribution in [2.24, 2.45) is 11.7 Å². The first kappa shape index (κ1) is 15.0. The minimum absolute atomic E-state index is 0.00407. The molecular formula is C16H24N2O2. The molecule has 1 aromatic rings. The van der Waals surface area contributed by atoms with Crippen LogP contribution in [0.25, 0.3) is 0 Å². The van der Waals surface area contributed by atoms with Gasteiger partial charge in [0.1, 0.15) is 6.10 Å². The Kier molecular flexibility index (Phi) is 5.56. The van der Waals surface area contributed by atoms with Gasteiger partial charge in [0, 0.05) is 12.5 Å². The first-order chi connectivity index (χ1) is 9.72. The van der Waals surface area contributed by atoms with Crippen LogP contribution >= 0.6 is 0 Å². The van der Waals surface area contributed by atoms with Gasteiger partial charge >= 0.3 is 0 Å². The summed E-state index contributed by atoms with van der Waals surface area (Å²) in [4.78, 5) is 14.3. The molecule has 1 heterocycles. The largest absolute Gasteiger partial charge is 0.370 e. The Labute approximate surface area is 120 Å². The zero-order valence-corrected chi connectivity index (χ0v) is 12.1. The van der Waals surface area contributed by atoms with E-state index in [0.717, 1.165) is 18.4 Å². The van der Waals surface area contributed by atoms with Crippen molar-refractivity contribution in [3.05, 3.63) is 35.9 Å². The van der Waals surface area contributed by atoms with Crippen molar-refractivity contribution in [2.75, 3.05) is 26.2 Å². The first-order valence-corrected chi connectivity index (χ1v) is 7.37. The SMILES string of the molecule is CC(CCCN)C(=O)N1CCOC(c2ccccc2)C1. The number of carbonyl (C=O) groups excluding carboxylic acids is 1. The number of hydrogen-bond donors (Lipinski definition) is 1. The van der Waals surface area contributed by atoms with Crippen LogP contribution in [-0.2, 0) is 9.53 Å². The average molecular weight is 276 g/mol. The minimum Gasteiger partial charge on any atom is -0.370 e. The van der Waals surface area contributed by atoms with E-state index in [9.17, 15) is 4.79 Å². The number of nitrogens with two attached hydrogens (primary N) is 1. The molecule has 2 unspecified atom stereocenters. The van der Waals surface area contributed by atoms with Gasteiger partial charge in [0.15, 0.2) is 0 Å². The third-order valence-corrected chi connectivity index (χ3v) is 3.81. The Morgan fingerprint density at radius 1 is 1.45 bits per heavy atom. The molecule has 0 saturated carbocycles. The summed E-state index contributed by atoms with van der Waals surface area (Å²) in [5, 5.41) is 0. The van der Waals surface area contributed by atoms with E-state index in [1.54, 1.807) is 0 Å². The van der Waals surface area contributed by atoms with E-state index in [4.69, 9.17) is 10.5 Å². The molecule has 4 heteroatoms. The Balaban J connectivity index is 1.95. The highest BCUT2D eigenvalue weighted by molar-refractivity contribution is 5.78. The summed E-state index contributed by atoms with van der Waals surface area (Å²) in [6.07, 6.45) is 1.76. The lowest BCUT2D eigenvalue weighted by Gasteiger charge is -2.34. The molecule has 4 nitrogen and oxygen atoms in total. The second kappa shape index (κ2) is 7.41. The van der Waals surface area contributed by atoms with Crippen molar-refractivity contribution in [3.63, 3.8) is 0 Å². The standard InChI is InChI=1S/C16H24N2O2/c1-13(6-5-9-17)16(19)18-10-11-20-15(12-18)14-7-3-2-4-8-14/h2-4,7-8,13,15H,5-6,9-12,17H2,1H3. The van der Waals surface area contributed by atoms with Crippen molar-refractivity contribution in [1.29, 1.82) is 0 Å². The van der Waals surface area contributed by atoms with Gasteiger partial charge in [0.05, 0.1) is 13.2 Å². The monoisotopic (exact) mass is 276 g/mol. The van der Waals surface area contributed by atoms with Crippen LogP contribution in [0.15, 0.2) is 30.3 Å². The molecule has 1 amide bonds. The summed E-state index contributed by atoms with van der Waals surface area (Å²) in [6, 6.07) is 10.1. The van der Waals surface area contributed by atoms with E-state index >= 15 is 0 Å². The highest BCUT2D eigenvalue weighted by atomic mass is 16.5. The maximum Gasteiger partial charge on any atom is 0.225 e. The number of ether oxygens (including phenoxy) is 1. The minimum atomic E-state index is -0.00407. The van der Waals surface area contributed by atoms with E-state index in [1.807, 2.05) is 30.0 Å². The molecular weight excluding hydrogens is 252 g/mol. The smallest absolute Gasteiger partial charge is 0.225 e. The van der Waals surface area contributed by atoms with Crippen LogP contribution in [0.2, 0.25) is 0 Å². The fourth-order valence-electron chi connectivity index (χ4n) is 2.58. The van der Waals surface area contributed by atoms with E-state index < -0.39 is 0 Å². The average Bonchev–Trinajstić information content (AvgIpc) is 2.53. The van der Waals surface area contributed by atoms with E-state index in [-0.39, 0.29) is 17.9 Å². The fourth-order valence-corrected chi connectivity index (χ4v) is 2.58. The topological polar surface area (TPSA) is 55.6 Å². The summed E-state index contributed by atoms with van der Waals surface area (Å²) in [5.74, 6) is 0.274. The summed E-state index contributed by atoms with van der Waals surface area (Å²) in [7, 11) is 0. The highest BCUT2D eigenvalue weighted by Gasteiger charge is 2.27. The number of morpholine rings is 1. The molecule has 0 aromatic heterocycles. The van der Waals surface area contributed by atoms with Crippen molar-refractivity contribution in [3.8, 4) is 0 Å². The first-order valence-electron chi connectivity index (χ1n) is 7.37. The zero-order valence-electron chi connectivity index (χ0n) is 12.1. The Morgan fingerprint density at radius 3 is 2.90 bits per heavy atom. The highest BCUT2D eigenvalue weighted by Crippen LogP contribution is 2.23. The van der Waals surface area contributed by atoms with Crippen LogP contribution in [0, 0.1) is 5.92 Å². The maximum atomic E-state index is 12.4. The fraction of sp³-hybridized carbons (Fsp3) is 0.562. The van der Waals surface area contributed by atoms with Crippen LogP contribution in [0.4, 0.5) is 0 Å². The van der Waals surface area contributed by atoms with Gasteiger partial charge in [0.2, 0.25) is 5.91 Å². The van der Waals surface area contributed by atoms with Gasteiger partial charge in [-0.25, -0.2) is 0 Å². The van der Waals surface area contributed by atoms with Gasteiger partial charge in [0.25, 0.3) is 0 Å². The Bertz CT molecular complexity index is 422. The third-order valence-electron chi connectivity index (χ3n) is 3.81. The van der Waals surface area contributed by atoms with Crippen LogP contribution in [0.5, 0.6) is 0 Å². The zero-order chi connectivity index (χ0) is 14.4. The molecule has 1 aliphatic rings. The quantitative estimate of drug-likeness (QED) is 0.894. The molecule has 2 N–H and O–H groups in total. The number of amides is 1.